The fourth-order valence-corrected chi connectivity index (χ4v) is 11.7. The minimum Gasteiger partial charge on any atom is -0.748 e. The van der Waals surface area contributed by atoms with E-state index in [1.807, 2.05) is 11.8 Å². The van der Waals surface area contributed by atoms with Crippen LogP contribution in [0.3, 0.4) is 0 Å². The van der Waals surface area contributed by atoms with Crippen LogP contribution in [-0.4, -0.2) is 70.5 Å². The summed E-state index contributed by atoms with van der Waals surface area (Å²) in [6.45, 7) is 6.86. The topological polar surface area (TPSA) is 118 Å². The zero-order chi connectivity index (χ0) is 31.4. The molecular weight excluding hydrogens is 599 g/mol. The molecule has 0 radical (unpaired) electrons. The average Bonchev–Trinajstić information content (AvgIpc) is 3.28. The van der Waals surface area contributed by atoms with Gasteiger partial charge >= 0.3 is 29.6 Å². The number of carbonyl (C=O) groups excluding carboxylic acids is 1. The Bertz CT molecular complexity index is 1120. The van der Waals surface area contributed by atoms with Gasteiger partial charge in [-0.1, -0.05) is 40.0 Å². The molecule has 0 heterocycles. The molecule has 0 aromatic heterocycles. The number of rotatable bonds is 9. The van der Waals surface area contributed by atoms with E-state index in [0.29, 0.717) is 25.3 Å². The van der Waals surface area contributed by atoms with E-state index in [1.165, 1.54) is 0 Å². The van der Waals surface area contributed by atoms with Crippen molar-refractivity contribution in [1.82, 2.24) is 4.90 Å². The first-order valence-electron chi connectivity index (χ1n) is 17.0. The number of alkyl halides is 2. The van der Waals surface area contributed by atoms with Gasteiger partial charge in [0.25, 0.3) is 5.92 Å². The van der Waals surface area contributed by atoms with Gasteiger partial charge in [0.1, 0.15) is 6.10 Å². The van der Waals surface area contributed by atoms with Gasteiger partial charge in [-0.05, 0) is 111 Å². The molecule has 0 spiro atoms. The summed E-state index contributed by atoms with van der Waals surface area (Å²) in [6.07, 6.45) is 8.18. The van der Waals surface area contributed by atoms with E-state index in [-0.39, 0.29) is 95.8 Å². The summed E-state index contributed by atoms with van der Waals surface area (Å²) in [5, 5.41) is 21.6. The molecule has 0 bridgehead atoms. The van der Waals surface area contributed by atoms with Gasteiger partial charge in [0.2, 0.25) is 5.91 Å². The second-order valence-corrected chi connectivity index (χ2v) is 17.2. The third-order valence-electron chi connectivity index (χ3n) is 13.4. The number of halogens is 2. The Morgan fingerprint density at radius 1 is 1.00 bits per heavy atom. The van der Waals surface area contributed by atoms with Crippen LogP contribution >= 0.6 is 0 Å². The Morgan fingerprint density at radius 2 is 1.66 bits per heavy atom. The third-order valence-corrected chi connectivity index (χ3v) is 14.2. The second-order valence-electron chi connectivity index (χ2n) is 15.7. The molecule has 1 amide bonds. The minimum absolute atomic E-state index is 0. The number of amides is 1. The molecule has 3 unspecified atom stereocenters. The average molecular weight is 654 g/mol. The van der Waals surface area contributed by atoms with E-state index in [1.54, 1.807) is 0 Å². The molecule has 5 fully saturated rings. The molecule has 0 aromatic rings. The van der Waals surface area contributed by atoms with E-state index >= 15 is 0 Å². The van der Waals surface area contributed by atoms with E-state index in [9.17, 15) is 36.8 Å². The zero-order valence-corrected chi connectivity index (χ0v) is 30.2. The summed E-state index contributed by atoms with van der Waals surface area (Å²) in [6, 6.07) is 0.112. The van der Waals surface area contributed by atoms with Crippen LogP contribution in [0.4, 0.5) is 8.78 Å². The molecule has 248 valence electrons. The second kappa shape index (κ2) is 13.9. The van der Waals surface area contributed by atoms with Crippen LogP contribution in [0.2, 0.25) is 0 Å². The monoisotopic (exact) mass is 653 g/mol. The van der Waals surface area contributed by atoms with E-state index in [4.69, 9.17) is 0 Å². The first-order chi connectivity index (χ1) is 20.1. The molecule has 44 heavy (non-hydrogen) atoms. The molecular formula is C33H54F2NNaO6S. The standard InChI is InChI=1S/C33H55F2NO6S.Na/c1-21(10-13-29(39)36(16-7-17-43(40,41)42)23-8-5-4-6-9-23)24-11-12-25-30-26(14-15-31(24,25)2)32(3)20-33(34,35)28(38)19-22(32)18-27(30)37;/h21-28,30,37-38H,4-20H2,1-3H3,(H,40,41,42);/q;+1/p-1/t21-,22-,24-,25?,26?,27+,28-,30?,31-,32+;/m1./s1. The maximum atomic E-state index is 14.8. The number of aliphatic hydroxyl groups excluding tert-OH is 2. The molecule has 5 saturated carbocycles. The number of aliphatic hydroxyl groups is 2. The fraction of sp³-hybridized carbons (Fsp3) is 0.970. The number of nitrogens with zero attached hydrogens (tertiary/aromatic N) is 1. The fourth-order valence-electron chi connectivity index (χ4n) is 11.2. The number of fused-ring (bicyclic) bond motifs is 5. The molecule has 5 rings (SSSR count). The largest absolute Gasteiger partial charge is 1.00 e. The van der Waals surface area contributed by atoms with Gasteiger partial charge in [-0.25, -0.2) is 17.2 Å². The molecule has 7 nitrogen and oxygen atoms in total. The molecule has 5 aliphatic carbocycles. The summed E-state index contributed by atoms with van der Waals surface area (Å²) in [5.74, 6) is -2.65. The maximum Gasteiger partial charge on any atom is 1.00 e. The summed E-state index contributed by atoms with van der Waals surface area (Å²) in [4.78, 5) is 15.4. The van der Waals surface area contributed by atoms with Crippen molar-refractivity contribution in [2.75, 3.05) is 12.3 Å². The number of hydrogen-bond acceptors (Lipinski definition) is 6. The Morgan fingerprint density at radius 3 is 2.32 bits per heavy atom. The van der Waals surface area contributed by atoms with Crippen LogP contribution in [0.25, 0.3) is 0 Å². The smallest absolute Gasteiger partial charge is 0.748 e. The summed E-state index contributed by atoms with van der Waals surface area (Å²) in [7, 11) is -4.32. The van der Waals surface area contributed by atoms with Crippen molar-refractivity contribution in [3.8, 4) is 0 Å². The van der Waals surface area contributed by atoms with Gasteiger partial charge in [0.15, 0.2) is 0 Å². The number of hydrogen-bond donors (Lipinski definition) is 2. The molecule has 0 aliphatic heterocycles. The van der Waals surface area contributed by atoms with Crippen LogP contribution in [-0.2, 0) is 14.9 Å². The van der Waals surface area contributed by atoms with Crippen LogP contribution in [0, 0.1) is 46.3 Å². The Labute approximate surface area is 285 Å². The third kappa shape index (κ3) is 7.26. The molecule has 10 atom stereocenters. The van der Waals surface area contributed by atoms with Crippen molar-refractivity contribution in [2.45, 2.75) is 141 Å². The van der Waals surface area contributed by atoms with Crippen LogP contribution in [0.15, 0.2) is 0 Å². The van der Waals surface area contributed by atoms with Crippen LogP contribution < -0.4 is 29.6 Å². The maximum absolute atomic E-state index is 14.8. The van der Waals surface area contributed by atoms with Crippen LogP contribution in [0.1, 0.15) is 117 Å². The van der Waals surface area contributed by atoms with E-state index < -0.39 is 39.4 Å². The van der Waals surface area contributed by atoms with Gasteiger partial charge in [0, 0.05) is 31.2 Å². The first-order valence-corrected chi connectivity index (χ1v) is 18.6. The van der Waals surface area contributed by atoms with Crippen molar-refractivity contribution in [1.29, 1.82) is 0 Å². The van der Waals surface area contributed by atoms with Gasteiger partial charge in [-0.3, -0.25) is 4.79 Å². The SMILES string of the molecule is C[C@H](CCC(=O)N(CCCS(=O)(=O)[O-])C1CCCCC1)[C@H]1CCC2C3C(CC[C@@]21C)[C@@]1(C)CC(F)(F)[C@H](O)C[C@H]1C[C@@H]3O.[Na+]. The predicted molar refractivity (Wildman–Crippen MR) is 159 cm³/mol. The Kier molecular flexibility index (Phi) is 11.7. The van der Waals surface area contributed by atoms with Gasteiger partial charge in [0.05, 0.1) is 16.2 Å². The van der Waals surface area contributed by atoms with Crippen molar-refractivity contribution >= 4 is 16.0 Å². The van der Waals surface area contributed by atoms with Gasteiger partial charge in [-0.15, -0.1) is 0 Å². The summed E-state index contributed by atoms with van der Waals surface area (Å²) < 4.78 is 63.2. The van der Waals surface area contributed by atoms with Crippen molar-refractivity contribution in [3.05, 3.63) is 0 Å². The zero-order valence-electron chi connectivity index (χ0n) is 27.4. The van der Waals surface area contributed by atoms with E-state index in [2.05, 4.69) is 13.8 Å². The van der Waals surface area contributed by atoms with Gasteiger partial charge in [-0.2, -0.15) is 0 Å². The predicted octanol–water partition coefficient (Wildman–Crippen LogP) is 2.74. The Balaban J connectivity index is 0.00000442. The molecule has 11 heteroatoms. The first kappa shape index (κ1) is 37.0. The van der Waals surface area contributed by atoms with Gasteiger partial charge < -0.3 is 19.7 Å². The summed E-state index contributed by atoms with van der Waals surface area (Å²) >= 11 is 0. The summed E-state index contributed by atoms with van der Waals surface area (Å²) in [5.41, 5.74) is -0.603. The van der Waals surface area contributed by atoms with E-state index in [0.717, 1.165) is 64.2 Å². The van der Waals surface area contributed by atoms with Crippen LogP contribution in [0.5, 0.6) is 0 Å². The van der Waals surface area contributed by atoms with Crippen molar-refractivity contribution in [2.24, 2.45) is 46.3 Å². The molecule has 0 aromatic carbocycles. The quantitative estimate of drug-likeness (QED) is 0.292. The normalized spacial score (nSPS) is 41.0. The Hall–Kier alpha value is 0.160. The van der Waals surface area contributed by atoms with Crippen molar-refractivity contribution in [3.63, 3.8) is 0 Å². The minimum atomic E-state index is -4.32. The molecule has 5 aliphatic rings. The molecule has 0 saturated heterocycles. The van der Waals surface area contributed by atoms with Crippen molar-refractivity contribution < 1.29 is 66.3 Å². The number of carbonyl (C=O) groups is 1. The molecule has 2 N–H and O–H groups in total.